The van der Waals surface area contributed by atoms with Gasteiger partial charge in [-0.05, 0) is 36.8 Å². The van der Waals surface area contributed by atoms with Gasteiger partial charge in [-0.1, -0.05) is 24.3 Å². The van der Waals surface area contributed by atoms with Crippen molar-refractivity contribution < 1.29 is 19.0 Å². The zero-order chi connectivity index (χ0) is 17.6. The van der Waals surface area contributed by atoms with Crippen LogP contribution in [0.2, 0.25) is 0 Å². The Kier molecular flexibility index (Phi) is 5.58. The molecule has 0 spiro atoms. The summed E-state index contributed by atoms with van der Waals surface area (Å²) in [7, 11) is 1.61. The van der Waals surface area contributed by atoms with E-state index in [4.69, 9.17) is 19.0 Å². The minimum atomic E-state index is -0.0263. The highest BCUT2D eigenvalue weighted by atomic mass is 16.5. The molecule has 0 saturated carbocycles. The number of furan rings is 1. The summed E-state index contributed by atoms with van der Waals surface area (Å²) in [5, 5.41) is 13.4. The number of hydrogen-bond acceptors (Lipinski definition) is 5. The first-order valence-electron chi connectivity index (χ1n) is 8.33. The number of benzene rings is 2. The summed E-state index contributed by atoms with van der Waals surface area (Å²) in [6.45, 7) is 2.97. The minimum absolute atomic E-state index is 0.0263. The van der Waals surface area contributed by atoms with Gasteiger partial charge in [0.25, 0.3) is 0 Å². The third-order valence-electron chi connectivity index (χ3n) is 4.06. The smallest absolute Gasteiger partial charge is 0.161 e. The van der Waals surface area contributed by atoms with Crippen molar-refractivity contribution in [1.29, 1.82) is 0 Å². The van der Waals surface area contributed by atoms with Crippen LogP contribution in [0, 0.1) is 0 Å². The summed E-state index contributed by atoms with van der Waals surface area (Å²) < 4.78 is 16.7. The molecule has 1 aromatic heterocycles. The van der Waals surface area contributed by atoms with Crippen LogP contribution in [-0.2, 0) is 6.54 Å². The summed E-state index contributed by atoms with van der Waals surface area (Å²) in [5.74, 6) is 2.20. The van der Waals surface area contributed by atoms with Gasteiger partial charge >= 0.3 is 0 Å². The normalized spacial score (nSPS) is 12.3. The van der Waals surface area contributed by atoms with Crippen LogP contribution in [0.15, 0.2) is 52.9 Å². The topological polar surface area (TPSA) is 63.9 Å². The molecule has 0 aliphatic heterocycles. The minimum Gasteiger partial charge on any atom is -0.493 e. The first kappa shape index (κ1) is 17.3. The van der Waals surface area contributed by atoms with Crippen molar-refractivity contribution in [3.05, 3.63) is 59.9 Å². The van der Waals surface area contributed by atoms with Crippen LogP contribution < -0.4 is 14.8 Å². The predicted molar refractivity (Wildman–Crippen MR) is 97.0 cm³/mol. The van der Waals surface area contributed by atoms with E-state index in [-0.39, 0.29) is 19.3 Å². The van der Waals surface area contributed by atoms with E-state index in [2.05, 4.69) is 18.3 Å². The number of rotatable bonds is 8. The molecule has 1 atom stereocenters. The number of nitrogens with one attached hydrogen (secondary N) is 1. The van der Waals surface area contributed by atoms with Crippen LogP contribution in [0.25, 0.3) is 11.0 Å². The van der Waals surface area contributed by atoms with Crippen LogP contribution in [0.3, 0.4) is 0 Å². The molecule has 132 valence electrons. The molecule has 3 aromatic rings. The number of hydrogen-bond donors (Lipinski definition) is 2. The molecule has 3 rings (SSSR count). The molecule has 0 radical (unpaired) electrons. The van der Waals surface area contributed by atoms with E-state index in [1.165, 1.54) is 0 Å². The van der Waals surface area contributed by atoms with Gasteiger partial charge in [-0.15, -0.1) is 0 Å². The van der Waals surface area contributed by atoms with Gasteiger partial charge in [0.2, 0.25) is 0 Å². The highest BCUT2D eigenvalue weighted by Crippen LogP contribution is 2.28. The van der Waals surface area contributed by atoms with Crippen molar-refractivity contribution in [3.8, 4) is 11.5 Å². The third-order valence-corrected chi connectivity index (χ3v) is 4.06. The van der Waals surface area contributed by atoms with Gasteiger partial charge in [0.05, 0.1) is 19.8 Å². The average molecular weight is 341 g/mol. The lowest BCUT2D eigenvalue weighted by atomic mass is 10.1. The Balaban J connectivity index is 1.65. The second-order valence-electron chi connectivity index (χ2n) is 5.85. The highest BCUT2D eigenvalue weighted by molar-refractivity contribution is 5.77. The fourth-order valence-electron chi connectivity index (χ4n) is 2.68. The molecule has 0 aliphatic carbocycles. The van der Waals surface area contributed by atoms with Crippen LogP contribution in [0.1, 0.15) is 24.3 Å². The Hall–Kier alpha value is -2.50. The standard InChI is InChI=1S/C20H23NO4/c1-14(19-12-16-5-3-4-6-17(16)25-19)21-13-15-7-8-18(24-10-9-22)20(11-15)23-2/h3-8,11-12,14,21-22H,9-10,13H2,1-2H3. The van der Waals surface area contributed by atoms with E-state index < -0.39 is 0 Å². The second-order valence-corrected chi connectivity index (χ2v) is 5.85. The molecular weight excluding hydrogens is 318 g/mol. The van der Waals surface area contributed by atoms with E-state index >= 15 is 0 Å². The van der Waals surface area contributed by atoms with Crippen molar-refractivity contribution in [3.63, 3.8) is 0 Å². The maximum atomic E-state index is 8.87. The van der Waals surface area contributed by atoms with Crippen molar-refractivity contribution in [2.45, 2.75) is 19.5 Å². The molecule has 1 heterocycles. The van der Waals surface area contributed by atoms with Gasteiger partial charge in [-0.25, -0.2) is 0 Å². The number of aliphatic hydroxyl groups excluding tert-OH is 1. The second kappa shape index (κ2) is 8.05. The SMILES string of the molecule is COc1cc(CNC(C)c2cc3ccccc3o2)ccc1OCCO. The fourth-order valence-corrected chi connectivity index (χ4v) is 2.68. The van der Waals surface area contributed by atoms with Crippen molar-refractivity contribution in [2.75, 3.05) is 20.3 Å². The van der Waals surface area contributed by atoms with Crippen LogP contribution in [0.4, 0.5) is 0 Å². The third kappa shape index (κ3) is 4.13. The van der Waals surface area contributed by atoms with Crippen molar-refractivity contribution in [2.24, 2.45) is 0 Å². The Labute approximate surface area is 147 Å². The van der Waals surface area contributed by atoms with Gasteiger partial charge in [0.1, 0.15) is 18.0 Å². The van der Waals surface area contributed by atoms with Gasteiger partial charge < -0.3 is 24.3 Å². The molecule has 0 amide bonds. The lowest BCUT2D eigenvalue weighted by Gasteiger charge is -2.14. The lowest BCUT2D eigenvalue weighted by molar-refractivity contribution is 0.196. The summed E-state index contributed by atoms with van der Waals surface area (Å²) in [5.41, 5.74) is 1.98. The van der Waals surface area contributed by atoms with Crippen molar-refractivity contribution >= 4 is 11.0 Å². The Morgan fingerprint density at radius 2 is 1.96 bits per heavy atom. The molecule has 1 unspecified atom stereocenters. The summed E-state index contributed by atoms with van der Waals surface area (Å²) >= 11 is 0. The van der Waals surface area contributed by atoms with E-state index in [0.717, 1.165) is 22.3 Å². The number of fused-ring (bicyclic) bond motifs is 1. The van der Waals surface area contributed by atoms with Gasteiger partial charge in [-0.3, -0.25) is 0 Å². The maximum absolute atomic E-state index is 8.87. The molecule has 0 aliphatic rings. The first-order valence-corrected chi connectivity index (χ1v) is 8.33. The van der Waals surface area contributed by atoms with Crippen LogP contribution >= 0.6 is 0 Å². The zero-order valence-corrected chi connectivity index (χ0v) is 14.5. The Bertz CT molecular complexity index is 794. The van der Waals surface area contributed by atoms with Gasteiger partial charge in [0.15, 0.2) is 11.5 Å². The van der Waals surface area contributed by atoms with Crippen molar-refractivity contribution in [1.82, 2.24) is 5.32 Å². The van der Waals surface area contributed by atoms with Gasteiger partial charge in [-0.2, -0.15) is 0 Å². The van der Waals surface area contributed by atoms with E-state index in [0.29, 0.717) is 18.0 Å². The highest BCUT2D eigenvalue weighted by Gasteiger charge is 2.12. The first-order chi connectivity index (χ1) is 12.2. The molecule has 0 fully saturated rings. The molecule has 0 saturated heterocycles. The molecule has 5 nitrogen and oxygen atoms in total. The van der Waals surface area contributed by atoms with Crippen LogP contribution in [0.5, 0.6) is 11.5 Å². The average Bonchev–Trinajstić information content (AvgIpc) is 3.09. The molecule has 25 heavy (non-hydrogen) atoms. The van der Waals surface area contributed by atoms with Gasteiger partial charge in [0, 0.05) is 11.9 Å². The molecule has 5 heteroatoms. The van der Waals surface area contributed by atoms with Crippen LogP contribution in [-0.4, -0.2) is 25.4 Å². The maximum Gasteiger partial charge on any atom is 0.161 e. The molecule has 0 bridgehead atoms. The summed E-state index contributed by atoms with van der Waals surface area (Å²) in [6.07, 6.45) is 0. The Morgan fingerprint density at radius 1 is 1.12 bits per heavy atom. The predicted octanol–water partition coefficient (Wildman–Crippen LogP) is 3.66. The quantitative estimate of drug-likeness (QED) is 0.655. The number of para-hydroxylation sites is 1. The zero-order valence-electron chi connectivity index (χ0n) is 14.5. The fraction of sp³-hybridized carbons (Fsp3) is 0.300. The van der Waals surface area contributed by atoms with E-state index in [9.17, 15) is 0 Å². The number of aliphatic hydroxyl groups is 1. The number of ether oxygens (including phenoxy) is 2. The Morgan fingerprint density at radius 3 is 2.72 bits per heavy atom. The molecule has 2 aromatic carbocycles. The van der Waals surface area contributed by atoms with E-state index in [1.54, 1.807) is 7.11 Å². The number of methoxy groups -OCH3 is 1. The lowest BCUT2D eigenvalue weighted by Crippen LogP contribution is -2.17. The molecule has 2 N–H and O–H groups in total. The summed E-state index contributed by atoms with van der Waals surface area (Å²) in [4.78, 5) is 0. The molecular formula is C20H23NO4. The monoisotopic (exact) mass is 341 g/mol. The van der Waals surface area contributed by atoms with E-state index in [1.807, 2.05) is 42.5 Å². The summed E-state index contributed by atoms with van der Waals surface area (Å²) in [6, 6.07) is 15.9. The largest absolute Gasteiger partial charge is 0.493 e.